The third-order valence-corrected chi connectivity index (χ3v) is 8.99. The minimum Gasteiger partial charge on any atom is -0.393 e. The zero-order chi connectivity index (χ0) is 15.5. The second-order valence-corrected chi connectivity index (χ2v) is 9.55. The molecule has 2 nitrogen and oxygen atoms in total. The molecule has 126 valence electrons. The van der Waals surface area contributed by atoms with Gasteiger partial charge in [-0.2, -0.15) is 0 Å². The first-order valence-corrected chi connectivity index (χ1v) is 9.84. The van der Waals surface area contributed by atoms with Crippen molar-refractivity contribution in [3.63, 3.8) is 0 Å². The van der Waals surface area contributed by atoms with Crippen molar-refractivity contribution >= 4 is 0 Å². The first-order chi connectivity index (χ1) is 10.5. The Hall–Kier alpha value is -0.0800. The molecule has 0 heterocycles. The molecule has 0 radical (unpaired) electrons. The molecule has 4 saturated carbocycles. The van der Waals surface area contributed by atoms with Crippen molar-refractivity contribution in [1.82, 2.24) is 5.32 Å². The Morgan fingerprint density at radius 1 is 0.864 bits per heavy atom. The van der Waals surface area contributed by atoms with Gasteiger partial charge in [-0.3, -0.25) is 0 Å². The van der Waals surface area contributed by atoms with Gasteiger partial charge in [0.25, 0.3) is 0 Å². The highest BCUT2D eigenvalue weighted by Gasteiger charge is 2.59. The van der Waals surface area contributed by atoms with E-state index >= 15 is 0 Å². The topological polar surface area (TPSA) is 32.3 Å². The van der Waals surface area contributed by atoms with E-state index in [0.717, 1.165) is 42.6 Å². The van der Waals surface area contributed by atoms with Crippen LogP contribution < -0.4 is 5.32 Å². The van der Waals surface area contributed by atoms with E-state index < -0.39 is 0 Å². The molecule has 22 heavy (non-hydrogen) atoms. The minimum atomic E-state index is -0.0105. The van der Waals surface area contributed by atoms with Gasteiger partial charge < -0.3 is 10.4 Å². The van der Waals surface area contributed by atoms with Crippen molar-refractivity contribution in [1.29, 1.82) is 0 Å². The molecule has 0 aromatic carbocycles. The van der Waals surface area contributed by atoms with E-state index in [-0.39, 0.29) is 6.10 Å². The molecule has 4 aliphatic carbocycles. The van der Waals surface area contributed by atoms with Gasteiger partial charge >= 0.3 is 0 Å². The summed E-state index contributed by atoms with van der Waals surface area (Å²) < 4.78 is 0. The lowest BCUT2D eigenvalue weighted by atomic mass is 9.45. The zero-order valence-electron chi connectivity index (χ0n) is 14.8. The van der Waals surface area contributed by atoms with Crippen LogP contribution in [0.25, 0.3) is 0 Å². The quantitative estimate of drug-likeness (QED) is 0.768. The van der Waals surface area contributed by atoms with Gasteiger partial charge in [-0.25, -0.2) is 0 Å². The molecule has 2 N–H and O–H groups in total. The van der Waals surface area contributed by atoms with Crippen LogP contribution in [0.3, 0.4) is 0 Å². The maximum Gasteiger partial charge on any atom is 0.0543 e. The van der Waals surface area contributed by atoms with Crippen molar-refractivity contribution in [2.24, 2.45) is 34.5 Å². The molecule has 3 unspecified atom stereocenters. The fourth-order valence-electron chi connectivity index (χ4n) is 7.71. The predicted octanol–water partition coefficient (Wildman–Crippen LogP) is 3.98. The van der Waals surface area contributed by atoms with Gasteiger partial charge in [0, 0.05) is 6.04 Å². The summed E-state index contributed by atoms with van der Waals surface area (Å²) in [4.78, 5) is 0. The highest BCUT2D eigenvalue weighted by atomic mass is 16.3. The first-order valence-electron chi connectivity index (χ1n) is 9.84. The Morgan fingerprint density at radius 2 is 1.59 bits per heavy atom. The van der Waals surface area contributed by atoms with Gasteiger partial charge in [-0.05, 0) is 99.3 Å². The lowest BCUT2D eigenvalue weighted by Crippen LogP contribution is -2.55. The number of aliphatic hydroxyl groups is 1. The predicted molar refractivity (Wildman–Crippen MR) is 90.6 cm³/mol. The fourth-order valence-corrected chi connectivity index (χ4v) is 7.71. The van der Waals surface area contributed by atoms with Crippen LogP contribution in [0.4, 0.5) is 0 Å². The van der Waals surface area contributed by atoms with Crippen LogP contribution >= 0.6 is 0 Å². The highest BCUT2D eigenvalue weighted by molar-refractivity contribution is 5.10. The van der Waals surface area contributed by atoms with E-state index in [2.05, 4.69) is 26.2 Å². The van der Waals surface area contributed by atoms with Crippen LogP contribution in [-0.2, 0) is 0 Å². The largest absolute Gasteiger partial charge is 0.393 e. The number of rotatable bonds is 1. The molecule has 8 atom stereocenters. The summed E-state index contributed by atoms with van der Waals surface area (Å²) >= 11 is 0. The van der Waals surface area contributed by atoms with Gasteiger partial charge in [0.2, 0.25) is 0 Å². The third kappa shape index (κ3) is 1.99. The van der Waals surface area contributed by atoms with E-state index in [4.69, 9.17) is 0 Å². The average molecular weight is 306 g/mol. The Labute approximate surface area is 136 Å². The van der Waals surface area contributed by atoms with Crippen LogP contribution in [0.1, 0.15) is 71.6 Å². The molecule has 0 saturated heterocycles. The van der Waals surface area contributed by atoms with Crippen molar-refractivity contribution < 1.29 is 5.11 Å². The molecular formula is C20H35NO. The summed E-state index contributed by atoms with van der Waals surface area (Å²) in [5.41, 5.74) is 1.08. The highest BCUT2D eigenvalue weighted by Crippen LogP contribution is 2.66. The minimum absolute atomic E-state index is 0.0105. The van der Waals surface area contributed by atoms with Crippen LogP contribution in [0.2, 0.25) is 0 Å². The van der Waals surface area contributed by atoms with Crippen molar-refractivity contribution in [2.45, 2.75) is 83.8 Å². The van der Waals surface area contributed by atoms with E-state index in [0.29, 0.717) is 10.8 Å². The monoisotopic (exact) mass is 305 g/mol. The molecule has 0 aliphatic heterocycles. The molecule has 0 amide bonds. The number of hydrogen-bond acceptors (Lipinski definition) is 2. The second kappa shape index (κ2) is 5.21. The Balaban J connectivity index is 1.61. The maximum atomic E-state index is 10.1. The number of hydrogen-bond donors (Lipinski definition) is 2. The van der Waals surface area contributed by atoms with Crippen molar-refractivity contribution in [3.8, 4) is 0 Å². The summed E-state index contributed by atoms with van der Waals surface area (Å²) in [5.74, 6) is 3.65. The maximum absolute atomic E-state index is 10.1. The van der Waals surface area contributed by atoms with Crippen LogP contribution in [0.5, 0.6) is 0 Å². The van der Waals surface area contributed by atoms with Crippen LogP contribution in [0.15, 0.2) is 0 Å². The van der Waals surface area contributed by atoms with Crippen LogP contribution in [-0.4, -0.2) is 24.3 Å². The summed E-state index contributed by atoms with van der Waals surface area (Å²) in [6, 6.07) is 0.747. The number of aliphatic hydroxyl groups excluding tert-OH is 1. The molecule has 0 bridgehead atoms. The molecule has 0 aromatic rings. The van der Waals surface area contributed by atoms with Gasteiger partial charge in [0.1, 0.15) is 0 Å². The van der Waals surface area contributed by atoms with Gasteiger partial charge in [-0.1, -0.05) is 13.8 Å². The summed E-state index contributed by atoms with van der Waals surface area (Å²) in [6.07, 6.45) is 11.9. The lowest BCUT2D eigenvalue weighted by molar-refractivity contribution is -0.123. The smallest absolute Gasteiger partial charge is 0.0543 e. The van der Waals surface area contributed by atoms with Gasteiger partial charge in [-0.15, -0.1) is 0 Å². The van der Waals surface area contributed by atoms with E-state index in [1.807, 2.05) is 0 Å². The zero-order valence-corrected chi connectivity index (χ0v) is 14.8. The van der Waals surface area contributed by atoms with E-state index in [9.17, 15) is 5.11 Å². The molecule has 0 aromatic heterocycles. The molecule has 4 rings (SSSR count). The lowest BCUT2D eigenvalue weighted by Gasteiger charge is -2.61. The Kier molecular flexibility index (Phi) is 3.66. The summed E-state index contributed by atoms with van der Waals surface area (Å²) in [7, 11) is 2.17. The first kappa shape index (κ1) is 15.4. The standard InChI is InChI=1S/C20H35NO/c1-19-10-8-14(22)12-13(19)4-5-15-16-6-7-18(21-3)20(16,2)11-9-17(15)19/h13-18,21-22H,4-12H2,1-3H3/t13?,14?,15-,16-,17+,18?,19-,20-/m0/s1. The van der Waals surface area contributed by atoms with E-state index in [1.165, 1.54) is 44.9 Å². The number of fused-ring (bicyclic) bond motifs is 5. The molecule has 0 spiro atoms. The molecule has 2 heteroatoms. The second-order valence-electron chi connectivity index (χ2n) is 9.55. The Bertz CT molecular complexity index is 437. The molecular weight excluding hydrogens is 270 g/mol. The van der Waals surface area contributed by atoms with Crippen molar-refractivity contribution in [2.75, 3.05) is 7.05 Å². The van der Waals surface area contributed by atoms with Crippen molar-refractivity contribution in [3.05, 3.63) is 0 Å². The molecule has 4 aliphatic rings. The van der Waals surface area contributed by atoms with Gasteiger partial charge in [0.05, 0.1) is 6.10 Å². The van der Waals surface area contributed by atoms with Gasteiger partial charge in [0.15, 0.2) is 0 Å². The third-order valence-electron chi connectivity index (χ3n) is 8.99. The summed E-state index contributed by atoms with van der Waals surface area (Å²) in [5, 5.41) is 13.7. The Morgan fingerprint density at radius 3 is 2.36 bits per heavy atom. The SMILES string of the molecule is CNC1CC[C@H]2[C@@H]3CCC4CC(O)CC[C@]4(C)[C@@H]3CC[C@]12C. The number of nitrogens with one attached hydrogen (secondary N) is 1. The van der Waals surface area contributed by atoms with E-state index in [1.54, 1.807) is 0 Å². The fraction of sp³-hybridized carbons (Fsp3) is 1.00. The summed E-state index contributed by atoms with van der Waals surface area (Å²) in [6.45, 7) is 5.18. The van der Waals surface area contributed by atoms with Crippen LogP contribution in [0, 0.1) is 34.5 Å². The average Bonchev–Trinajstić information content (AvgIpc) is 2.84. The molecule has 4 fully saturated rings. The normalized spacial score (nSPS) is 57.8.